The number of rotatable bonds is 7. The predicted octanol–water partition coefficient (Wildman–Crippen LogP) is 4.23. The molecule has 0 unspecified atom stereocenters. The molecule has 3 heterocycles. The molecule has 0 aliphatic carbocycles. The molecule has 0 atom stereocenters. The summed E-state index contributed by atoms with van der Waals surface area (Å²) >= 11 is 0. The number of morpholine rings is 1. The van der Waals surface area contributed by atoms with Gasteiger partial charge in [0.15, 0.2) is 5.75 Å². The maximum Gasteiger partial charge on any atom is 0.250 e. The molecular weight excluding hydrogens is 428 g/mol. The van der Waals surface area contributed by atoms with Crippen LogP contribution in [-0.2, 0) is 18.3 Å². The first kappa shape index (κ1) is 22.4. The summed E-state index contributed by atoms with van der Waals surface area (Å²) in [6, 6.07) is 17.4. The second-order valence-electron chi connectivity index (χ2n) is 8.71. The molecule has 0 bridgehead atoms. The molecular formula is C27H30N4O3. The fraction of sp³-hybridized carbons (Fsp3) is 0.333. The highest BCUT2D eigenvalue weighted by molar-refractivity contribution is 5.91. The number of hydrogen-bond acceptors (Lipinski definition) is 5. The van der Waals surface area contributed by atoms with Crippen molar-refractivity contribution in [2.45, 2.75) is 19.9 Å². The van der Waals surface area contributed by atoms with E-state index in [0.717, 1.165) is 79.5 Å². The minimum Gasteiger partial charge on any atom is -0.454 e. The molecule has 0 saturated carbocycles. The Bertz CT molecular complexity index is 1340. The Kier molecular flexibility index (Phi) is 6.47. The zero-order valence-electron chi connectivity index (χ0n) is 19.7. The van der Waals surface area contributed by atoms with E-state index >= 15 is 0 Å². The third kappa shape index (κ3) is 4.62. The Hall–Kier alpha value is -3.42. The van der Waals surface area contributed by atoms with Gasteiger partial charge in [-0.1, -0.05) is 18.2 Å². The summed E-state index contributed by atoms with van der Waals surface area (Å²) in [6.45, 7) is 7.63. The Labute approximate surface area is 199 Å². The zero-order chi connectivity index (χ0) is 23.5. The summed E-state index contributed by atoms with van der Waals surface area (Å²) in [5.41, 5.74) is 3.66. The second kappa shape index (κ2) is 9.83. The van der Waals surface area contributed by atoms with Crippen molar-refractivity contribution in [3.63, 3.8) is 0 Å². The van der Waals surface area contributed by atoms with Gasteiger partial charge in [-0.2, -0.15) is 0 Å². The Balaban J connectivity index is 1.52. The van der Waals surface area contributed by atoms with Crippen molar-refractivity contribution in [3.05, 3.63) is 77.0 Å². The van der Waals surface area contributed by atoms with E-state index < -0.39 is 0 Å². The van der Waals surface area contributed by atoms with E-state index in [2.05, 4.69) is 21.6 Å². The average Bonchev–Trinajstić information content (AvgIpc) is 3.18. The number of imidazole rings is 1. The lowest BCUT2D eigenvalue weighted by Gasteiger charge is -2.26. The number of aromatic nitrogens is 3. The lowest BCUT2D eigenvalue weighted by Crippen LogP contribution is -2.37. The number of ether oxygens (including phenoxy) is 2. The van der Waals surface area contributed by atoms with Crippen molar-refractivity contribution in [2.75, 3.05) is 32.8 Å². The SMILES string of the molecule is Cc1nc2c(Oc3ccccc3)c(-c3ccc(=O)n(C)c3)ccc2n1CCCN1CCOCC1. The van der Waals surface area contributed by atoms with Crippen molar-refractivity contribution in [1.82, 2.24) is 19.0 Å². The van der Waals surface area contributed by atoms with E-state index in [4.69, 9.17) is 14.5 Å². The van der Waals surface area contributed by atoms with Crippen molar-refractivity contribution in [2.24, 2.45) is 7.05 Å². The van der Waals surface area contributed by atoms with Crippen LogP contribution < -0.4 is 10.3 Å². The van der Waals surface area contributed by atoms with Crippen molar-refractivity contribution >= 4 is 11.0 Å². The van der Waals surface area contributed by atoms with Gasteiger partial charge in [-0.25, -0.2) is 4.98 Å². The largest absolute Gasteiger partial charge is 0.454 e. The molecule has 0 amide bonds. The summed E-state index contributed by atoms with van der Waals surface area (Å²) < 4.78 is 15.8. The molecule has 4 aromatic rings. The van der Waals surface area contributed by atoms with Crippen LogP contribution in [0.2, 0.25) is 0 Å². The van der Waals surface area contributed by atoms with E-state index in [1.165, 1.54) is 0 Å². The van der Waals surface area contributed by atoms with Crippen LogP contribution >= 0.6 is 0 Å². The monoisotopic (exact) mass is 458 g/mol. The van der Waals surface area contributed by atoms with Gasteiger partial charge in [0, 0.05) is 56.6 Å². The van der Waals surface area contributed by atoms with Crippen LogP contribution in [0.1, 0.15) is 12.2 Å². The lowest BCUT2D eigenvalue weighted by molar-refractivity contribution is 0.0369. The molecule has 1 aliphatic rings. The average molecular weight is 459 g/mol. The summed E-state index contributed by atoms with van der Waals surface area (Å²) in [5, 5.41) is 0. The van der Waals surface area contributed by atoms with Crippen molar-refractivity contribution in [1.29, 1.82) is 0 Å². The van der Waals surface area contributed by atoms with E-state index in [-0.39, 0.29) is 5.56 Å². The van der Waals surface area contributed by atoms with Gasteiger partial charge in [0.1, 0.15) is 17.1 Å². The topological polar surface area (TPSA) is 61.5 Å². The summed E-state index contributed by atoms with van der Waals surface area (Å²) in [6.07, 6.45) is 2.89. The Morgan fingerprint density at radius 1 is 1.00 bits per heavy atom. The third-order valence-electron chi connectivity index (χ3n) is 6.38. The van der Waals surface area contributed by atoms with E-state index in [1.54, 1.807) is 17.7 Å². The standard InChI is InChI=1S/C27H30N4O3/c1-20-28-26-24(31(20)14-6-13-30-15-17-33-18-16-30)11-10-23(21-9-12-25(32)29(2)19-21)27(26)34-22-7-4-3-5-8-22/h3-5,7-12,19H,6,13-18H2,1-2H3. The van der Waals surface area contributed by atoms with Crippen LogP contribution in [0.4, 0.5) is 0 Å². The molecule has 1 fully saturated rings. The molecule has 0 spiro atoms. The van der Waals surface area contributed by atoms with Gasteiger partial charge in [0.2, 0.25) is 5.56 Å². The molecule has 2 aromatic carbocycles. The number of benzene rings is 2. The van der Waals surface area contributed by atoms with Gasteiger partial charge in [0.05, 0.1) is 18.7 Å². The molecule has 7 nitrogen and oxygen atoms in total. The molecule has 1 saturated heterocycles. The second-order valence-corrected chi connectivity index (χ2v) is 8.71. The van der Waals surface area contributed by atoms with Crippen molar-refractivity contribution < 1.29 is 9.47 Å². The van der Waals surface area contributed by atoms with Gasteiger partial charge in [-0.15, -0.1) is 0 Å². The van der Waals surface area contributed by atoms with Crippen LogP contribution in [0.15, 0.2) is 65.6 Å². The number of hydrogen-bond donors (Lipinski definition) is 0. The van der Waals surface area contributed by atoms with Crippen LogP contribution in [0.5, 0.6) is 11.5 Å². The summed E-state index contributed by atoms with van der Waals surface area (Å²) in [7, 11) is 1.76. The number of fused-ring (bicyclic) bond motifs is 1. The molecule has 0 radical (unpaired) electrons. The normalized spacial score (nSPS) is 14.5. The maximum absolute atomic E-state index is 12.0. The quantitative estimate of drug-likeness (QED) is 0.415. The highest BCUT2D eigenvalue weighted by atomic mass is 16.5. The summed E-state index contributed by atoms with van der Waals surface area (Å²) in [4.78, 5) is 19.4. The fourth-order valence-electron chi connectivity index (χ4n) is 4.53. The van der Waals surface area contributed by atoms with Gasteiger partial charge >= 0.3 is 0 Å². The molecule has 5 rings (SSSR count). The van der Waals surface area contributed by atoms with Crippen LogP contribution in [0.25, 0.3) is 22.2 Å². The van der Waals surface area contributed by atoms with Crippen LogP contribution in [0, 0.1) is 6.92 Å². The van der Waals surface area contributed by atoms with E-state index in [9.17, 15) is 4.79 Å². The highest BCUT2D eigenvalue weighted by Crippen LogP contribution is 2.39. The highest BCUT2D eigenvalue weighted by Gasteiger charge is 2.19. The molecule has 7 heteroatoms. The zero-order valence-corrected chi connectivity index (χ0v) is 19.7. The summed E-state index contributed by atoms with van der Waals surface area (Å²) in [5.74, 6) is 2.42. The number of nitrogens with zero attached hydrogens (tertiary/aromatic N) is 4. The first-order chi connectivity index (χ1) is 16.6. The van der Waals surface area contributed by atoms with Gasteiger partial charge in [-0.05, 0) is 43.7 Å². The first-order valence-electron chi connectivity index (χ1n) is 11.8. The van der Waals surface area contributed by atoms with Gasteiger partial charge < -0.3 is 18.6 Å². The van der Waals surface area contributed by atoms with E-state index in [1.807, 2.05) is 49.5 Å². The van der Waals surface area contributed by atoms with Crippen LogP contribution in [-0.4, -0.2) is 51.9 Å². The molecule has 2 aromatic heterocycles. The molecule has 0 N–H and O–H groups in total. The van der Waals surface area contributed by atoms with Crippen LogP contribution in [0.3, 0.4) is 0 Å². The smallest absolute Gasteiger partial charge is 0.250 e. The van der Waals surface area contributed by atoms with Gasteiger partial charge in [-0.3, -0.25) is 9.69 Å². The minimum absolute atomic E-state index is 0.0456. The van der Waals surface area contributed by atoms with Crippen molar-refractivity contribution in [3.8, 4) is 22.6 Å². The molecule has 176 valence electrons. The predicted molar refractivity (Wildman–Crippen MR) is 134 cm³/mol. The molecule has 1 aliphatic heterocycles. The minimum atomic E-state index is -0.0456. The molecule has 34 heavy (non-hydrogen) atoms. The maximum atomic E-state index is 12.0. The Morgan fingerprint density at radius 3 is 2.56 bits per heavy atom. The van der Waals surface area contributed by atoms with Gasteiger partial charge in [0.25, 0.3) is 0 Å². The lowest BCUT2D eigenvalue weighted by atomic mass is 10.1. The number of pyridine rings is 1. The third-order valence-corrected chi connectivity index (χ3v) is 6.38. The Morgan fingerprint density at radius 2 is 1.79 bits per heavy atom. The fourth-order valence-corrected chi connectivity index (χ4v) is 4.53. The van der Waals surface area contributed by atoms with E-state index in [0.29, 0.717) is 5.75 Å². The number of aryl methyl sites for hydroxylation is 3. The number of para-hydroxylation sites is 1. The first-order valence-corrected chi connectivity index (χ1v) is 11.8.